The van der Waals surface area contributed by atoms with E-state index in [2.05, 4.69) is 9.97 Å². The fraction of sp³-hybridized carbons (Fsp3) is 0.625. The second kappa shape index (κ2) is 7.46. The monoisotopic (exact) mass is 344 g/mol. The van der Waals surface area contributed by atoms with E-state index in [9.17, 15) is 9.59 Å². The zero-order valence-electron chi connectivity index (χ0n) is 21.8. The molecule has 1 saturated heterocycles. The van der Waals surface area contributed by atoms with Gasteiger partial charge in [-0.15, -0.1) is 0 Å². The van der Waals surface area contributed by atoms with Crippen LogP contribution < -0.4 is 4.90 Å². The van der Waals surface area contributed by atoms with E-state index in [0.29, 0.717) is 0 Å². The fourth-order valence-electron chi connectivity index (χ4n) is 1.51. The Morgan fingerprint density at radius 1 is 1.21 bits per heavy atom. The van der Waals surface area contributed by atoms with Crippen molar-refractivity contribution < 1.29 is 30.0 Å². The number of nitrogens with zero attached hydrogens (tertiary/aromatic N) is 4. The van der Waals surface area contributed by atoms with Crippen LogP contribution in [-0.2, 0) is 9.47 Å². The molecule has 0 aliphatic carbocycles. The van der Waals surface area contributed by atoms with Gasteiger partial charge in [0.15, 0.2) is 0 Å². The third-order valence-electron chi connectivity index (χ3n) is 2.47. The fourth-order valence-corrected chi connectivity index (χ4v) is 1.51. The Hall–Kier alpha value is -2.38. The molecule has 1 aromatic rings. The second-order valence-electron chi connectivity index (χ2n) is 5.59. The van der Waals surface area contributed by atoms with Crippen molar-refractivity contribution in [2.24, 2.45) is 0 Å². The molecule has 0 radical (unpaired) electrons. The van der Waals surface area contributed by atoms with E-state index in [1.165, 1.54) is 20.8 Å². The quantitative estimate of drug-likeness (QED) is 0.772. The van der Waals surface area contributed by atoms with Crippen molar-refractivity contribution in [1.82, 2.24) is 14.9 Å². The first kappa shape index (κ1) is 9.80. The second-order valence-corrected chi connectivity index (χ2v) is 5.59. The minimum Gasteiger partial charge on any atom is -0.462 e. The summed E-state index contributed by atoms with van der Waals surface area (Å²) in [5.41, 5.74) is -1.32. The number of aromatic nitrogens is 2. The first-order valence-corrected chi connectivity index (χ1v) is 7.15. The predicted octanol–water partition coefficient (Wildman–Crippen LogP) is 1.71. The average molecular weight is 344 g/mol. The van der Waals surface area contributed by atoms with Gasteiger partial charge in [-0.2, -0.15) is 0 Å². The highest BCUT2D eigenvalue weighted by Crippen LogP contribution is 2.14. The van der Waals surface area contributed by atoms with Gasteiger partial charge >= 0.3 is 12.1 Å². The van der Waals surface area contributed by atoms with Crippen molar-refractivity contribution in [3.05, 3.63) is 18.0 Å². The molecule has 0 bridgehead atoms. The summed E-state index contributed by atoms with van der Waals surface area (Å²) in [6.45, 7) is -7.66. The number of hydrogen-bond acceptors (Lipinski definition) is 7. The number of amides is 1. The summed E-state index contributed by atoms with van der Waals surface area (Å²) in [7, 11) is 0. The van der Waals surface area contributed by atoms with Crippen LogP contribution in [0.5, 0.6) is 0 Å². The Balaban J connectivity index is 2.61. The van der Waals surface area contributed by atoms with Gasteiger partial charge in [0.25, 0.3) is 0 Å². The number of carbonyl (C=O) groups is 2. The maximum absolute atomic E-state index is 12.6. The van der Waals surface area contributed by atoms with Crippen molar-refractivity contribution in [3.8, 4) is 0 Å². The van der Waals surface area contributed by atoms with Gasteiger partial charge < -0.3 is 19.3 Å². The number of anilines is 1. The largest absolute Gasteiger partial charge is 0.462 e. The third kappa shape index (κ3) is 4.81. The smallest absolute Gasteiger partial charge is 0.410 e. The highest BCUT2D eigenvalue weighted by Gasteiger charge is 2.26. The highest BCUT2D eigenvalue weighted by molar-refractivity contribution is 5.88. The predicted molar refractivity (Wildman–Crippen MR) is 88.0 cm³/mol. The molecule has 132 valence electrons. The Kier molecular flexibility index (Phi) is 3.05. The lowest BCUT2D eigenvalue weighted by Gasteiger charge is -2.35. The molecule has 0 spiro atoms. The molecule has 1 amide bonds. The Bertz CT molecular complexity index is 861. The molecule has 0 N–H and O–H groups in total. The van der Waals surface area contributed by atoms with Crippen LogP contribution in [0.15, 0.2) is 12.4 Å². The van der Waals surface area contributed by atoms with E-state index in [1.54, 1.807) is 6.92 Å². The van der Waals surface area contributed by atoms with Gasteiger partial charge in [0.05, 0.1) is 23.1 Å². The number of carbonyl (C=O) groups excluding carboxylic acids is 2. The normalized spacial score (nSPS) is 28.5. The highest BCUT2D eigenvalue weighted by atomic mass is 16.6. The molecule has 8 heteroatoms. The summed E-state index contributed by atoms with van der Waals surface area (Å²) in [5, 5.41) is 0. The van der Waals surface area contributed by atoms with Gasteiger partial charge in [0, 0.05) is 38.4 Å². The van der Waals surface area contributed by atoms with E-state index in [1.807, 2.05) is 0 Å². The standard InChI is InChI=1S/C16H24N4O4/c1-5-23-13(21)12-10-17-14(18-11-12)19-6-8-20(9-7-19)15(22)24-16(2,3)4/h10-11H,5-9H2,1-4H3/i6D2,7D2,8D2,9D2. The molecule has 8 nitrogen and oxygen atoms in total. The van der Waals surface area contributed by atoms with Crippen molar-refractivity contribution in [2.45, 2.75) is 33.3 Å². The number of hydrogen-bond donors (Lipinski definition) is 0. The molecule has 24 heavy (non-hydrogen) atoms. The van der Waals surface area contributed by atoms with Gasteiger partial charge in [-0.05, 0) is 27.7 Å². The molecule has 0 atom stereocenters. The van der Waals surface area contributed by atoms with Crippen LogP contribution in [0.3, 0.4) is 0 Å². The summed E-state index contributed by atoms with van der Waals surface area (Å²) in [6.07, 6.45) is 0.244. The lowest BCUT2D eigenvalue weighted by atomic mass is 10.2. The van der Waals surface area contributed by atoms with Crippen molar-refractivity contribution >= 4 is 18.0 Å². The number of piperazine rings is 1. The van der Waals surface area contributed by atoms with E-state index >= 15 is 0 Å². The van der Waals surface area contributed by atoms with E-state index in [0.717, 1.165) is 12.4 Å². The van der Waals surface area contributed by atoms with E-state index < -0.39 is 49.6 Å². The van der Waals surface area contributed by atoms with Crippen molar-refractivity contribution in [2.75, 3.05) is 37.5 Å². The van der Waals surface area contributed by atoms with Crippen LogP contribution in [0.1, 0.15) is 49.0 Å². The minimum absolute atomic E-state index is 0.0653. The van der Waals surface area contributed by atoms with Gasteiger partial charge in [0.1, 0.15) is 5.60 Å². The van der Waals surface area contributed by atoms with Gasteiger partial charge in [0.2, 0.25) is 5.95 Å². The first-order valence-electron chi connectivity index (χ1n) is 11.1. The number of esters is 1. The van der Waals surface area contributed by atoms with Crippen LogP contribution in [0.25, 0.3) is 0 Å². The average Bonchev–Trinajstić information content (AvgIpc) is 2.59. The van der Waals surface area contributed by atoms with E-state index in [4.69, 9.17) is 20.4 Å². The lowest BCUT2D eigenvalue weighted by Crippen LogP contribution is -2.50. The Morgan fingerprint density at radius 3 is 2.29 bits per heavy atom. The molecule has 1 aliphatic rings. The number of rotatable bonds is 3. The van der Waals surface area contributed by atoms with Crippen LogP contribution in [0, 0.1) is 0 Å². The van der Waals surface area contributed by atoms with Crippen molar-refractivity contribution in [3.63, 3.8) is 0 Å². The molecule has 2 rings (SSSR count). The van der Waals surface area contributed by atoms with Crippen LogP contribution in [-0.4, -0.2) is 65.1 Å². The molecule has 0 saturated carbocycles. The first-order chi connectivity index (χ1) is 14.3. The molecule has 1 aliphatic heterocycles. The van der Waals surface area contributed by atoms with Crippen LogP contribution in [0.2, 0.25) is 0 Å². The molecule has 2 heterocycles. The zero-order valence-corrected chi connectivity index (χ0v) is 13.8. The summed E-state index contributed by atoms with van der Waals surface area (Å²) < 4.78 is 76.0. The maximum Gasteiger partial charge on any atom is 0.410 e. The molecule has 1 fully saturated rings. The van der Waals surface area contributed by atoms with Gasteiger partial charge in [-0.25, -0.2) is 19.6 Å². The molecular formula is C16H24N4O4. The van der Waals surface area contributed by atoms with Gasteiger partial charge in [-0.1, -0.05) is 0 Å². The summed E-state index contributed by atoms with van der Waals surface area (Å²) in [6, 6.07) is 0. The Morgan fingerprint density at radius 2 is 1.79 bits per heavy atom. The zero-order chi connectivity index (χ0) is 24.9. The van der Waals surface area contributed by atoms with Crippen LogP contribution >= 0.6 is 0 Å². The molecular weight excluding hydrogens is 312 g/mol. The molecule has 0 unspecified atom stereocenters. The molecule has 0 aromatic carbocycles. The third-order valence-corrected chi connectivity index (χ3v) is 2.47. The molecule has 1 aromatic heterocycles. The minimum atomic E-state index is -3.44. The topological polar surface area (TPSA) is 84.9 Å². The Labute approximate surface area is 153 Å². The summed E-state index contributed by atoms with van der Waals surface area (Å²) in [5.74, 6) is -1.53. The lowest BCUT2D eigenvalue weighted by molar-refractivity contribution is 0.0239. The van der Waals surface area contributed by atoms with Gasteiger partial charge in [-0.3, -0.25) is 0 Å². The van der Waals surface area contributed by atoms with Crippen LogP contribution in [0.4, 0.5) is 10.7 Å². The maximum atomic E-state index is 12.6. The van der Waals surface area contributed by atoms with E-state index in [-0.39, 0.29) is 22.0 Å². The summed E-state index contributed by atoms with van der Waals surface area (Å²) in [4.78, 5) is 31.7. The SMILES string of the molecule is [2H]C1([2H])N(C(=O)OC(C)(C)C)C([2H])([2H])C([2H])([2H])N(c2ncc(C(=O)OCC)cn2)C1([2H])[2H]. The number of ether oxygens (including phenoxy) is 2. The summed E-state index contributed by atoms with van der Waals surface area (Å²) >= 11 is 0. The van der Waals surface area contributed by atoms with Crippen molar-refractivity contribution in [1.29, 1.82) is 0 Å².